The molecule has 0 bridgehead atoms. The van der Waals surface area contributed by atoms with Gasteiger partial charge in [0.25, 0.3) is 5.56 Å². The van der Waals surface area contributed by atoms with E-state index in [0.717, 1.165) is 35.3 Å². The van der Waals surface area contributed by atoms with Crippen LogP contribution in [0, 0.1) is 12.8 Å². The maximum atomic E-state index is 12.7. The van der Waals surface area contributed by atoms with E-state index in [-0.39, 0.29) is 29.6 Å². The number of benzene rings is 1. The zero-order chi connectivity index (χ0) is 22.5. The third-order valence-electron chi connectivity index (χ3n) is 5.64. The van der Waals surface area contributed by atoms with Crippen LogP contribution in [0.5, 0.6) is 0 Å². The highest BCUT2D eigenvalue weighted by atomic mass is 16.5. The number of rotatable bonds is 9. The van der Waals surface area contributed by atoms with Gasteiger partial charge in [-0.15, -0.1) is 0 Å². The van der Waals surface area contributed by atoms with Gasteiger partial charge in [-0.1, -0.05) is 6.07 Å². The van der Waals surface area contributed by atoms with E-state index in [9.17, 15) is 9.59 Å². The Morgan fingerprint density at radius 1 is 1.19 bits per heavy atom. The number of amides is 1. The van der Waals surface area contributed by atoms with Gasteiger partial charge in [0.1, 0.15) is 0 Å². The monoisotopic (exact) mass is 427 g/mol. The molecule has 3 rings (SSSR count). The molecule has 2 aromatic rings. The molecule has 7 nitrogen and oxygen atoms in total. The first-order chi connectivity index (χ1) is 14.8. The van der Waals surface area contributed by atoms with Crippen LogP contribution in [0.4, 0.5) is 11.4 Å². The van der Waals surface area contributed by atoms with Crippen LogP contribution in [0.1, 0.15) is 32.3 Å². The molecule has 0 saturated heterocycles. The second-order valence-corrected chi connectivity index (χ2v) is 8.45. The van der Waals surface area contributed by atoms with Gasteiger partial charge in [0.15, 0.2) is 0 Å². The van der Waals surface area contributed by atoms with E-state index in [0.29, 0.717) is 18.7 Å². The van der Waals surface area contributed by atoms with E-state index in [1.165, 1.54) is 0 Å². The summed E-state index contributed by atoms with van der Waals surface area (Å²) in [6.07, 6.45) is 3.67. The van der Waals surface area contributed by atoms with Gasteiger partial charge in [-0.3, -0.25) is 9.59 Å². The van der Waals surface area contributed by atoms with E-state index in [2.05, 4.69) is 10.6 Å². The molecule has 1 fully saturated rings. The smallest absolute Gasteiger partial charge is 0.253 e. The van der Waals surface area contributed by atoms with Crippen molar-refractivity contribution in [1.29, 1.82) is 0 Å². The van der Waals surface area contributed by atoms with Gasteiger partial charge in [-0.05, 0) is 62.9 Å². The van der Waals surface area contributed by atoms with E-state index in [1.54, 1.807) is 18.7 Å². The lowest BCUT2D eigenvalue weighted by Gasteiger charge is -2.33. The average molecular weight is 428 g/mol. The molecule has 1 aromatic heterocycles. The normalized spacial score (nSPS) is 18.0. The summed E-state index contributed by atoms with van der Waals surface area (Å²) in [5.41, 5.74) is 4.16. The molecule has 0 radical (unpaired) electrons. The predicted molar refractivity (Wildman–Crippen MR) is 124 cm³/mol. The fourth-order valence-electron chi connectivity index (χ4n) is 3.70. The summed E-state index contributed by atoms with van der Waals surface area (Å²) in [6.45, 7) is 6.99. The van der Waals surface area contributed by atoms with E-state index < -0.39 is 0 Å². The highest BCUT2D eigenvalue weighted by molar-refractivity contribution is 5.97. The van der Waals surface area contributed by atoms with Gasteiger partial charge in [-0.25, -0.2) is 0 Å². The molecule has 1 amide bonds. The minimum Gasteiger partial charge on any atom is -0.381 e. The van der Waals surface area contributed by atoms with Crippen molar-refractivity contribution >= 4 is 17.3 Å². The molecule has 1 aliphatic carbocycles. The summed E-state index contributed by atoms with van der Waals surface area (Å²) in [5.74, 6) is -0.00599. The van der Waals surface area contributed by atoms with Crippen molar-refractivity contribution in [3.8, 4) is 11.1 Å². The van der Waals surface area contributed by atoms with Crippen molar-refractivity contribution in [2.24, 2.45) is 13.0 Å². The van der Waals surface area contributed by atoms with Crippen LogP contribution in [0.25, 0.3) is 11.1 Å². The van der Waals surface area contributed by atoms with E-state index >= 15 is 0 Å². The Bertz CT molecular complexity index is 951. The van der Waals surface area contributed by atoms with Gasteiger partial charge < -0.3 is 24.7 Å². The molecular weight excluding hydrogens is 394 g/mol. The first-order valence-electron chi connectivity index (χ1n) is 10.8. The van der Waals surface area contributed by atoms with Crippen LogP contribution in [-0.2, 0) is 21.3 Å². The standard InChI is InChI=1S/C24H33N3O4/c1-15(2)31-9-8-25-22-13-17(19-10-16(3)24(29)27(4)14-19)6-7-21(22)26-23(28)18-11-20(12-18)30-5/h6-7,10,13-15,18,20,25H,8-9,11-12H2,1-5H3,(H,26,28). The number of methoxy groups -OCH3 is 1. The lowest BCUT2D eigenvalue weighted by molar-refractivity contribution is -0.127. The Hall–Kier alpha value is -2.64. The molecule has 0 unspecified atom stereocenters. The molecule has 7 heteroatoms. The van der Waals surface area contributed by atoms with E-state index in [4.69, 9.17) is 9.47 Å². The maximum absolute atomic E-state index is 12.7. The van der Waals surface area contributed by atoms with Crippen molar-refractivity contribution < 1.29 is 14.3 Å². The van der Waals surface area contributed by atoms with Crippen LogP contribution >= 0.6 is 0 Å². The molecular formula is C24H33N3O4. The van der Waals surface area contributed by atoms with Crippen molar-refractivity contribution in [2.45, 2.75) is 45.8 Å². The number of nitrogens with one attached hydrogen (secondary N) is 2. The molecule has 0 spiro atoms. The first kappa shape index (κ1) is 23.0. The number of hydrogen-bond acceptors (Lipinski definition) is 5. The summed E-state index contributed by atoms with van der Waals surface area (Å²) in [5, 5.41) is 6.45. The zero-order valence-electron chi connectivity index (χ0n) is 19.0. The largest absolute Gasteiger partial charge is 0.381 e. The minimum atomic E-state index is -0.0203. The molecule has 1 aromatic carbocycles. The summed E-state index contributed by atoms with van der Waals surface area (Å²) < 4.78 is 12.5. The van der Waals surface area contributed by atoms with Crippen molar-refractivity contribution in [3.05, 3.63) is 46.4 Å². The summed E-state index contributed by atoms with van der Waals surface area (Å²) >= 11 is 0. The number of aryl methyl sites for hydroxylation is 2. The molecule has 0 atom stereocenters. The third-order valence-corrected chi connectivity index (χ3v) is 5.64. The van der Waals surface area contributed by atoms with Crippen LogP contribution < -0.4 is 16.2 Å². The number of pyridine rings is 1. The Kier molecular flexibility index (Phi) is 7.51. The molecule has 31 heavy (non-hydrogen) atoms. The Morgan fingerprint density at radius 3 is 2.58 bits per heavy atom. The number of anilines is 2. The highest BCUT2D eigenvalue weighted by Crippen LogP contribution is 2.33. The molecule has 1 saturated carbocycles. The Balaban J connectivity index is 1.82. The van der Waals surface area contributed by atoms with Gasteiger partial charge >= 0.3 is 0 Å². The Labute approximate surface area is 183 Å². The molecule has 1 heterocycles. The fourth-order valence-corrected chi connectivity index (χ4v) is 3.70. The number of hydrogen-bond donors (Lipinski definition) is 2. The number of ether oxygens (including phenoxy) is 2. The summed E-state index contributed by atoms with van der Waals surface area (Å²) in [7, 11) is 3.43. The minimum absolute atomic E-state index is 0.00771. The summed E-state index contributed by atoms with van der Waals surface area (Å²) in [4.78, 5) is 24.7. The van der Waals surface area contributed by atoms with Crippen molar-refractivity contribution in [1.82, 2.24) is 4.57 Å². The topological polar surface area (TPSA) is 81.6 Å². The van der Waals surface area contributed by atoms with Crippen LogP contribution in [-0.4, -0.2) is 42.9 Å². The van der Waals surface area contributed by atoms with Gasteiger partial charge in [0.2, 0.25) is 5.91 Å². The maximum Gasteiger partial charge on any atom is 0.253 e. The quantitative estimate of drug-likeness (QED) is 0.598. The molecule has 2 N–H and O–H groups in total. The van der Waals surface area contributed by atoms with Gasteiger partial charge in [0.05, 0.1) is 30.2 Å². The fraction of sp³-hybridized carbons (Fsp3) is 0.500. The second kappa shape index (κ2) is 10.1. The average Bonchev–Trinajstić information content (AvgIpc) is 2.69. The number of carbonyl (C=O) groups excluding carboxylic acids is 1. The molecule has 0 aliphatic heterocycles. The SMILES string of the molecule is COC1CC(C(=O)Nc2ccc(-c3cc(C)c(=O)n(C)c3)cc2NCCOC(C)C)C1. The molecule has 1 aliphatic rings. The highest BCUT2D eigenvalue weighted by Gasteiger charge is 2.34. The predicted octanol–water partition coefficient (Wildman–Crippen LogP) is 3.56. The summed E-state index contributed by atoms with van der Waals surface area (Å²) in [6, 6.07) is 7.76. The van der Waals surface area contributed by atoms with Gasteiger partial charge in [-0.2, -0.15) is 0 Å². The zero-order valence-corrected chi connectivity index (χ0v) is 19.0. The number of nitrogens with zero attached hydrogens (tertiary/aromatic N) is 1. The van der Waals surface area contributed by atoms with Crippen LogP contribution in [0.3, 0.4) is 0 Å². The third kappa shape index (κ3) is 5.74. The first-order valence-corrected chi connectivity index (χ1v) is 10.8. The molecule has 168 valence electrons. The number of carbonyl (C=O) groups is 1. The second-order valence-electron chi connectivity index (χ2n) is 8.45. The number of aromatic nitrogens is 1. The van der Waals surface area contributed by atoms with Crippen LogP contribution in [0.15, 0.2) is 35.3 Å². The van der Waals surface area contributed by atoms with Crippen molar-refractivity contribution in [3.63, 3.8) is 0 Å². The lowest BCUT2D eigenvalue weighted by atomic mass is 9.81. The Morgan fingerprint density at radius 2 is 1.94 bits per heavy atom. The van der Waals surface area contributed by atoms with Gasteiger partial charge in [0, 0.05) is 38.4 Å². The van der Waals surface area contributed by atoms with Crippen molar-refractivity contribution in [2.75, 3.05) is 30.9 Å². The van der Waals surface area contributed by atoms with Crippen LogP contribution in [0.2, 0.25) is 0 Å². The lowest BCUT2D eigenvalue weighted by Crippen LogP contribution is -2.38. The van der Waals surface area contributed by atoms with E-state index in [1.807, 2.05) is 51.2 Å².